The van der Waals surface area contributed by atoms with Crippen LogP contribution in [-0.2, 0) is 0 Å². The van der Waals surface area contributed by atoms with Crippen molar-refractivity contribution in [2.75, 3.05) is 13.6 Å². The van der Waals surface area contributed by atoms with Crippen LogP contribution in [0.1, 0.15) is 11.3 Å². The number of nitrogens with zero attached hydrogens (tertiary/aromatic N) is 1. The molecule has 15 heavy (non-hydrogen) atoms. The van der Waals surface area contributed by atoms with E-state index in [2.05, 4.69) is 16.9 Å². The molecular formula is C12H15ClN2. The molecule has 1 N–H and O–H groups in total. The monoisotopic (exact) mass is 222 g/mol. The Kier molecular flexibility index (Phi) is 4.53. The Balaban J connectivity index is 3.04. The van der Waals surface area contributed by atoms with Crippen molar-refractivity contribution in [3.05, 3.63) is 46.8 Å². The van der Waals surface area contributed by atoms with E-state index >= 15 is 0 Å². The van der Waals surface area contributed by atoms with Crippen LogP contribution in [0.4, 0.5) is 0 Å². The summed E-state index contributed by atoms with van der Waals surface area (Å²) in [7, 11) is 1.90. The Hall–Kier alpha value is -1.12. The molecule has 2 nitrogen and oxygen atoms in total. The summed E-state index contributed by atoms with van der Waals surface area (Å²) in [6, 6.07) is 3.75. The Labute approximate surface area is 95.7 Å². The molecule has 0 radical (unpaired) electrons. The zero-order chi connectivity index (χ0) is 11.3. The number of aryl methyl sites for hydroxylation is 1. The van der Waals surface area contributed by atoms with Gasteiger partial charge in [0, 0.05) is 6.54 Å². The molecule has 0 bridgehead atoms. The normalized spacial score (nSPS) is 11.5. The molecule has 0 atom stereocenters. The first-order valence-electron chi connectivity index (χ1n) is 4.78. The number of halogens is 1. The maximum atomic E-state index is 5.84. The van der Waals surface area contributed by atoms with Crippen molar-refractivity contribution in [3.8, 4) is 0 Å². The third kappa shape index (κ3) is 3.50. The zero-order valence-corrected chi connectivity index (χ0v) is 9.80. The lowest BCUT2D eigenvalue weighted by Gasteiger charge is -2.03. The van der Waals surface area contributed by atoms with Crippen LogP contribution in [0.25, 0.3) is 6.08 Å². The largest absolute Gasteiger partial charge is 0.316 e. The molecular weight excluding hydrogens is 208 g/mol. The van der Waals surface area contributed by atoms with E-state index in [0.717, 1.165) is 23.4 Å². The van der Waals surface area contributed by atoms with Crippen molar-refractivity contribution in [1.29, 1.82) is 0 Å². The van der Waals surface area contributed by atoms with Crippen LogP contribution in [0, 0.1) is 6.92 Å². The van der Waals surface area contributed by atoms with E-state index in [1.54, 1.807) is 6.07 Å². The zero-order valence-electron chi connectivity index (χ0n) is 9.05. The number of likely N-dealkylation sites (N-methyl/N-ethyl adjacent to an activating group) is 1. The van der Waals surface area contributed by atoms with Crippen LogP contribution < -0.4 is 5.32 Å². The molecule has 0 amide bonds. The van der Waals surface area contributed by atoms with E-state index in [-0.39, 0.29) is 0 Å². The molecule has 0 saturated carbocycles. The molecule has 1 aromatic heterocycles. The first kappa shape index (κ1) is 12.0. The SMILES string of the molecule is C=C/C(=C\c1nc(Cl)ccc1C)CNC. The highest BCUT2D eigenvalue weighted by Crippen LogP contribution is 2.14. The number of aromatic nitrogens is 1. The van der Waals surface area contributed by atoms with Gasteiger partial charge in [0.05, 0.1) is 5.69 Å². The molecule has 80 valence electrons. The lowest BCUT2D eigenvalue weighted by atomic mass is 10.1. The van der Waals surface area contributed by atoms with Crippen molar-refractivity contribution in [1.82, 2.24) is 10.3 Å². The van der Waals surface area contributed by atoms with Gasteiger partial charge in [0.15, 0.2) is 0 Å². The quantitative estimate of drug-likeness (QED) is 0.626. The third-order valence-electron chi connectivity index (χ3n) is 2.07. The average molecular weight is 223 g/mol. The summed E-state index contributed by atoms with van der Waals surface area (Å²) in [6.45, 7) is 6.54. The first-order valence-corrected chi connectivity index (χ1v) is 5.16. The van der Waals surface area contributed by atoms with E-state index < -0.39 is 0 Å². The average Bonchev–Trinajstić information content (AvgIpc) is 2.22. The van der Waals surface area contributed by atoms with Crippen molar-refractivity contribution in [2.24, 2.45) is 0 Å². The highest BCUT2D eigenvalue weighted by atomic mass is 35.5. The van der Waals surface area contributed by atoms with Crippen LogP contribution in [0.2, 0.25) is 5.15 Å². The van der Waals surface area contributed by atoms with E-state index in [9.17, 15) is 0 Å². The molecule has 0 aromatic carbocycles. The Morgan fingerprint density at radius 3 is 2.93 bits per heavy atom. The van der Waals surface area contributed by atoms with Gasteiger partial charge in [0.2, 0.25) is 0 Å². The summed E-state index contributed by atoms with van der Waals surface area (Å²) in [6.07, 6.45) is 3.81. The predicted octanol–water partition coefficient (Wildman–Crippen LogP) is 2.83. The van der Waals surface area contributed by atoms with Crippen molar-refractivity contribution in [2.45, 2.75) is 6.92 Å². The van der Waals surface area contributed by atoms with E-state index in [1.165, 1.54) is 0 Å². The van der Waals surface area contributed by atoms with E-state index in [1.807, 2.05) is 32.2 Å². The van der Waals surface area contributed by atoms with Crippen LogP contribution in [0.5, 0.6) is 0 Å². The first-order chi connectivity index (χ1) is 7.17. The van der Waals surface area contributed by atoms with Gasteiger partial charge in [-0.25, -0.2) is 4.98 Å². The van der Waals surface area contributed by atoms with Gasteiger partial charge in [-0.1, -0.05) is 30.3 Å². The molecule has 0 spiro atoms. The number of pyridine rings is 1. The molecule has 0 aliphatic carbocycles. The minimum absolute atomic E-state index is 0.514. The van der Waals surface area contributed by atoms with Gasteiger partial charge in [-0.15, -0.1) is 0 Å². The highest BCUT2D eigenvalue weighted by molar-refractivity contribution is 6.29. The number of hydrogen-bond donors (Lipinski definition) is 1. The second-order valence-electron chi connectivity index (χ2n) is 3.29. The Bertz CT molecular complexity index is 383. The minimum atomic E-state index is 0.514. The maximum Gasteiger partial charge on any atom is 0.129 e. The molecule has 0 aliphatic rings. The molecule has 0 fully saturated rings. The fourth-order valence-corrected chi connectivity index (χ4v) is 1.38. The Morgan fingerprint density at radius 1 is 1.60 bits per heavy atom. The standard InChI is InChI=1S/C12H15ClN2/c1-4-10(8-14-3)7-11-9(2)5-6-12(13)15-11/h4-7,14H,1,8H2,2-3H3/b10-7+. The second kappa shape index (κ2) is 5.69. The van der Waals surface area contributed by atoms with Crippen molar-refractivity contribution < 1.29 is 0 Å². The smallest absolute Gasteiger partial charge is 0.129 e. The maximum absolute atomic E-state index is 5.84. The fourth-order valence-electron chi connectivity index (χ4n) is 1.23. The number of rotatable bonds is 4. The van der Waals surface area contributed by atoms with Gasteiger partial charge < -0.3 is 5.32 Å². The molecule has 3 heteroatoms. The van der Waals surface area contributed by atoms with Gasteiger partial charge in [0.1, 0.15) is 5.15 Å². The second-order valence-corrected chi connectivity index (χ2v) is 3.68. The van der Waals surface area contributed by atoms with Crippen LogP contribution in [-0.4, -0.2) is 18.6 Å². The summed E-state index contributed by atoms with van der Waals surface area (Å²) in [5, 5.41) is 3.59. The van der Waals surface area contributed by atoms with E-state index in [4.69, 9.17) is 11.6 Å². The Morgan fingerprint density at radius 2 is 2.33 bits per heavy atom. The van der Waals surface area contributed by atoms with Gasteiger partial charge >= 0.3 is 0 Å². The van der Waals surface area contributed by atoms with Crippen LogP contribution >= 0.6 is 11.6 Å². The number of nitrogens with one attached hydrogen (secondary N) is 1. The molecule has 1 aromatic rings. The summed E-state index contributed by atoms with van der Waals surface area (Å²) >= 11 is 5.84. The lowest BCUT2D eigenvalue weighted by Crippen LogP contribution is -2.09. The van der Waals surface area contributed by atoms with Gasteiger partial charge in [0.25, 0.3) is 0 Å². The molecule has 0 aliphatic heterocycles. The highest BCUT2D eigenvalue weighted by Gasteiger charge is 1.99. The molecule has 1 heterocycles. The van der Waals surface area contributed by atoms with E-state index in [0.29, 0.717) is 5.15 Å². The molecule has 1 rings (SSSR count). The molecule has 0 saturated heterocycles. The van der Waals surface area contributed by atoms with Crippen LogP contribution in [0.3, 0.4) is 0 Å². The lowest BCUT2D eigenvalue weighted by molar-refractivity contribution is 0.899. The van der Waals surface area contributed by atoms with Gasteiger partial charge in [-0.2, -0.15) is 0 Å². The summed E-state index contributed by atoms with van der Waals surface area (Å²) in [5.74, 6) is 0. The fraction of sp³-hybridized carbons (Fsp3) is 0.250. The summed E-state index contributed by atoms with van der Waals surface area (Å²) in [4.78, 5) is 4.26. The summed E-state index contributed by atoms with van der Waals surface area (Å²) < 4.78 is 0. The van der Waals surface area contributed by atoms with Gasteiger partial charge in [-0.3, -0.25) is 0 Å². The van der Waals surface area contributed by atoms with Crippen LogP contribution in [0.15, 0.2) is 30.4 Å². The third-order valence-corrected chi connectivity index (χ3v) is 2.28. The van der Waals surface area contributed by atoms with Crippen molar-refractivity contribution in [3.63, 3.8) is 0 Å². The van der Waals surface area contributed by atoms with Gasteiger partial charge in [-0.05, 0) is 37.3 Å². The molecule has 0 unspecified atom stereocenters. The van der Waals surface area contributed by atoms with Crippen molar-refractivity contribution >= 4 is 17.7 Å². The predicted molar refractivity (Wildman–Crippen MR) is 66.1 cm³/mol. The number of hydrogen-bond acceptors (Lipinski definition) is 2. The topological polar surface area (TPSA) is 24.9 Å². The summed E-state index contributed by atoms with van der Waals surface area (Å²) in [5.41, 5.74) is 3.10. The minimum Gasteiger partial charge on any atom is -0.316 e.